The van der Waals surface area contributed by atoms with Crippen molar-refractivity contribution in [2.45, 2.75) is 53.0 Å². The molecule has 0 aromatic carbocycles. The number of anilines is 1. The molecule has 0 aliphatic rings. The average Bonchev–Trinajstić information content (AvgIpc) is 2.99. The molecular weight excluding hydrogens is 312 g/mol. The van der Waals surface area contributed by atoms with Crippen molar-refractivity contribution in [3.8, 4) is 0 Å². The van der Waals surface area contributed by atoms with Gasteiger partial charge >= 0.3 is 6.03 Å². The van der Waals surface area contributed by atoms with Gasteiger partial charge in [-0.1, -0.05) is 18.3 Å². The first kappa shape index (κ1) is 17.4. The fraction of sp³-hybridized carbons (Fsp3) is 0.600. The Kier molecular flexibility index (Phi) is 5.70. The van der Waals surface area contributed by atoms with Crippen LogP contribution in [0.1, 0.15) is 42.2 Å². The third-order valence-corrected chi connectivity index (χ3v) is 4.60. The molecule has 0 aliphatic heterocycles. The molecule has 0 fully saturated rings. The van der Waals surface area contributed by atoms with Gasteiger partial charge in [0.25, 0.3) is 0 Å². The van der Waals surface area contributed by atoms with Gasteiger partial charge in [0.05, 0.1) is 5.69 Å². The second-order valence-corrected chi connectivity index (χ2v) is 6.79. The number of carbonyl (C=O) groups is 1. The summed E-state index contributed by atoms with van der Waals surface area (Å²) in [5, 5.41) is 19.6. The van der Waals surface area contributed by atoms with Crippen LogP contribution < -0.4 is 10.6 Å². The van der Waals surface area contributed by atoms with Gasteiger partial charge in [0.2, 0.25) is 5.13 Å². The van der Waals surface area contributed by atoms with Gasteiger partial charge in [0, 0.05) is 25.2 Å². The summed E-state index contributed by atoms with van der Waals surface area (Å²) in [5.74, 6) is 0. The van der Waals surface area contributed by atoms with E-state index in [9.17, 15) is 4.79 Å². The lowest BCUT2D eigenvalue weighted by Gasteiger charge is -2.14. The zero-order valence-electron chi connectivity index (χ0n) is 14.3. The lowest BCUT2D eigenvalue weighted by Crippen LogP contribution is -2.37. The molecule has 2 aromatic heterocycles. The van der Waals surface area contributed by atoms with Crippen molar-refractivity contribution in [3.63, 3.8) is 0 Å². The van der Waals surface area contributed by atoms with Crippen molar-refractivity contribution in [3.05, 3.63) is 22.0 Å². The highest BCUT2D eigenvalue weighted by Gasteiger charge is 2.15. The number of aryl methyl sites for hydroxylation is 3. The number of amides is 2. The van der Waals surface area contributed by atoms with Gasteiger partial charge in [-0.3, -0.25) is 10.00 Å². The van der Waals surface area contributed by atoms with Crippen molar-refractivity contribution in [1.82, 2.24) is 25.3 Å². The lowest BCUT2D eigenvalue weighted by atomic mass is 10.1. The zero-order chi connectivity index (χ0) is 17.0. The highest BCUT2D eigenvalue weighted by atomic mass is 32.1. The van der Waals surface area contributed by atoms with Crippen molar-refractivity contribution < 1.29 is 4.79 Å². The van der Waals surface area contributed by atoms with E-state index in [2.05, 4.69) is 32.9 Å². The molecule has 0 spiro atoms. The molecule has 1 unspecified atom stereocenters. The lowest BCUT2D eigenvalue weighted by molar-refractivity contribution is 0.249. The summed E-state index contributed by atoms with van der Waals surface area (Å²) in [4.78, 5) is 12.1. The van der Waals surface area contributed by atoms with Crippen LogP contribution >= 0.6 is 11.3 Å². The second-order valence-electron chi connectivity index (χ2n) is 5.73. The molecule has 0 bridgehead atoms. The van der Waals surface area contributed by atoms with E-state index in [1.807, 2.05) is 32.5 Å². The third kappa shape index (κ3) is 4.51. The van der Waals surface area contributed by atoms with Crippen LogP contribution in [0.5, 0.6) is 0 Å². The van der Waals surface area contributed by atoms with Gasteiger partial charge in [-0.25, -0.2) is 4.79 Å². The summed E-state index contributed by atoms with van der Waals surface area (Å²) in [6.45, 7) is 8.10. The van der Waals surface area contributed by atoms with Gasteiger partial charge in [0.1, 0.15) is 5.01 Å². The molecule has 0 saturated heterocycles. The number of nitrogens with one attached hydrogen (secondary N) is 2. The number of rotatable bonds is 6. The average molecular weight is 336 g/mol. The maximum Gasteiger partial charge on any atom is 0.321 e. The monoisotopic (exact) mass is 336 g/mol. The number of hydrogen-bond acceptors (Lipinski definition) is 5. The van der Waals surface area contributed by atoms with E-state index in [0.29, 0.717) is 5.13 Å². The van der Waals surface area contributed by atoms with Crippen molar-refractivity contribution in [1.29, 1.82) is 0 Å². The number of hydrogen-bond donors (Lipinski definition) is 2. The summed E-state index contributed by atoms with van der Waals surface area (Å²) in [5.41, 5.74) is 3.32. The molecular formula is C15H24N6OS. The van der Waals surface area contributed by atoms with Crippen molar-refractivity contribution >= 4 is 22.5 Å². The van der Waals surface area contributed by atoms with Crippen molar-refractivity contribution in [2.75, 3.05) is 5.32 Å². The predicted octanol–water partition coefficient (Wildman–Crippen LogP) is 2.59. The normalized spacial score (nSPS) is 12.2. The van der Waals surface area contributed by atoms with Crippen LogP contribution in [-0.4, -0.2) is 32.1 Å². The van der Waals surface area contributed by atoms with Gasteiger partial charge in [-0.15, -0.1) is 10.2 Å². The van der Waals surface area contributed by atoms with E-state index in [4.69, 9.17) is 0 Å². The summed E-state index contributed by atoms with van der Waals surface area (Å²) >= 11 is 1.42. The first-order valence-corrected chi connectivity index (χ1v) is 8.61. The Bertz CT molecular complexity index is 678. The SMILES string of the molecule is CCCc1nnc(NC(=O)NC(C)Cc2c(C)nn(C)c2C)s1. The third-order valence-electron chi connectivity index (χ3n) is 3.70. The van der Waals surface area contributed by atoms with Crippen LogP contribution in [0, 0.1) is 13.8 Å². The van der Waals surface area contributed by atoms with E-state index in [1.54, 1.807) is 0 Å². The predicted molar refractivity (Wildman–Crippen MR) is 91.9 cm³/mol. The van der Waals surface area contributed by atoms with Crippen LogP contribution in [0.3, 0.4) is 0 Å². The Morgan fingerprint density at radius 1 is 1.35 bits per heavy atom. The van der Waals surface area contributed by atoms with Crippen molar-refractivity contribution in [2.24, 2.45) is 7.05 Å². The Morgan fingerprint density at radius 2 is 2.09 bits per heavy atom. The molecule has 126 valence electrons. The van der Waals surface area contributed by atoms with Crippen LogP contribution in [0.4, 0.5) is 9.93 Å². The standard InChI is InChI=1S/C15H24N6OS/c1-6-7-13-18-19-15(23-13)17-14(22)16-9(2)8-12-10(3)20-21(5)11(12)4/h9H,6-8H2,1-5H3,(H2,16,17,19,22). The zero-order valence-corrected chi connectivity index (χ0v) is 15.1. The first-order chi connectivity index (χ1) is 10.9. The molecule has 2 amide bonds. The maximum absolute atomic E-state index is 12.1. The molecule has 2 heterocycles. The first-order valence-electron chi connectivity index (χ1n) is 7.79. The molecule has 0 radical (unpaired) electrons. The summed E-state index contributed by atoms with van der Waals surface area (Å²) in [6, 6.07) is -0.254. The smallest absolute Gasteiger partial charge is 0.321 e. The Morgan fingerprint density at radius 3 is 2.70 bits per heavy atom. The second kappa shape index (κ2) is 7.54. The van der Waals surface area contributed by atoms with Crippen LogP contribution in [0.25, 0.3) is 0 Å². The van der Waals surface area contributed by atoms with E-state index in [1.165, 1.54) is 16.9 Å². The summed E-state index contributed by atoms with van der Waals surface area (Å²) in [6.07, 6.45) is 2.65. The fourth-order valence-corrected chi connectivity index (χ4v) is 3.28. The minimum absolute atomic E-state index is 0.000339. The Labute approximate surface area is 140 Å². The molecule has 2 rings (SSSR count). The molecule has 23 heavy (non-hydrogen) atoms. The minimum Gasteiger partial charge on any atom is -0.335 e. The minimum atomic E-state index is -0.254. The van der Waals surface area contributed by atoms with Crippen LogP contribution in [-0.2, 0) is 19.9 Å². The molecule has 8 heteroatoms. The highest BCUT2D eigenvalue weighted by molar-refractivity contribution is 7.15. The largest absolute Gasteiger partial charge is 0.335 e. The molecule has 0 saturated carbocycles. The molecule has 0 aliphatic carbocycles. The van der Waals surface area contributed by atoms with E-state index in [0.717, 1.165) is 35.7 Å². The summed E-state index contributed by atoms with van der Waals surface area (Å²) < 4.78 is 1.87. The number of carbonyl (C=O) groups excluding carboxylic acids is 1. The van der Waals surface area contributed by atoms with Crippen LogP contribution in [0.15, 0.2) is 0 Å². The quantitative estimate of drug-likeness (QED) is 0.849. The van der Waals surface area contributed by atoms with E-state index in [-0.39, 0.29) is 12.1 Å². The maximum atomic E-state index is 12.1. The molecule has 2 N–H and O–H groups in total. The van der Waals surface area contributed by atoms with Gasteiger partial charge in [-0.2, -0.15) is 5.10 Å². The fourth-order valence-electron chi connectivity index (χ4n) is 2.45. The van der Waals surface area contributed by atoms with Gasteiger partial charge < -0.3 is 5.32 Å². The van der Waals surface area contributed by atoms with E-state index >= 15 is 0 Å². The Hall–Kier alpha value is -1.96. The number of nitrogens with zero attached hydrogens (tertiary/aromatic N) is 4. The summed E-state index contributed by atoms with van der Waals surface area (Å²) in [7, 11) is 1.93. The number of urea groups is 1. The molecule has 2 aromatic rings. The van der Waals surface area contributed by atoms with Gasteiger partial charge in [0.15, 0.2) is 0 Å². The molecule has 1 atom stereocenters. The highest BCUT2D eigenvalue weighted by Crippen LogP contribution is 2.17. The molecule has 7 nitrogen and oxygen atoms in total. The Balaban J connectivity index is 1.89. The van der Waals surface area contributed by atoms with E-state index < -0.39 is 0 Å². The number of aromatic nitrogens is 4. The van der Waals surface area contributed by atoms with Gasteiger partial charge in [-0.05, 0) is 39.2 Å². The van der Waals surface area contributed by atoms with Crippen LogP contribution in [0.2, 0.25) is 0 Å². The topological polar surface area (TPSA) is 84.7 Å².